The zero-order valence-corrected chi connectivity index (χ0v) is 10.3. The van der Waals surface area contributed by atoms with Gasteiger partial charge in [0, 0.05) is 31.0 Å². The quantitative estimate of drug-likeness (QED) is 0.863. The number of ether oxygens (including phenoxy) is 2. The van der Waals surface area contributed by atoms with Gasteiger partial charge in [-0.05, 0) is 31.7 Å². The Bertz CT molecular complexity index is 362. The van der Waals surface area contributed by atoms with Crippen molar-refractivity contribution >= 4 is 0 Å². The van der Waals surface area contributed by atoms with Gasteiger partial charge < -0.3 is 15.2 Å². The van der Waals surface area contributed by atoms with Gasteiger partial charge in [-0.2, -0.15) is 0 Å². The molecule has 0 spiro atoms. The summed E-state index contributed by atoms with van der Waals surface area (Å²) in [4.78, 5) is 4.39. The molecule has 0 atom stereocenters. The van der Waals surface area contributed by atoms with Crippen LogP contribution in [0, 0.1) is 12.8 Å². The zero-order chi connectivity index (χ0) is 12.1. The van der Waals surface area contributed by atoms with Crippen molar-refractivity contribution < 1.29 is 9.47 Å². The molecule has 17 heavy (non-hydrogen) atoms. The van der Waals surface area contributed by atoms with E-state index in [1.807, 2.05) is 19.1 Å². The van der Waals surface area contributed by atoms with Crippen molar-refractivity contribution in [2.45, 2.75) is 26.3 Å². The van der Waals surface area contributed by atoms with Crippen molar-refractivity contribution in [2.24, 2.45) is 11.7 Å². The molecule has 1 aliphatic rings. The summed E-state index contributed by atoms with van der Waals surface area (Å²) in [6.45, 7) is 4.84. The summed E-state index contributed by atoms with van der Waals surface area (Å²) in [5.74, 6) is 1.27. The van der Waals surface area contributed by atoms with Gasteiger partial charge in [0.25, 0.3) is 0 Å². The topological polar surface area (TPSA) is 57.4 Å². The van der Waals surface area contributed by atoms with Crippen LogP contribution in [0.25, 0.3) is 0 Å². The molecule has 94 valence electrons. The molecule has 1 aliphatic heterocycles. The summed E-state index contributed by atoms with van der Waals surface area (Å²) in [5.41, 5.74) is 7.61. The molecule has 0 bridgehead atoms. The molecule has 0 aliphatic carbocycles. The molecule has 4 nitrogen and oxygen atoms in total. The van der Waals surface area contributed by atoms with Crippen LogP contribution in [0.4, 0.5) is 0 Å². The smallest absolute Gasteiger partial charge is 0.218 e. The Hall–Kier alpha value is -1.13. The van der Waals surface area contributed by atoms with Crippen LogP contribution >= 0.6 is 0 Å². The average Bonchev–Trinajstić information content (AvgIpc) is 2.38. The highest BCUT2D eigenvalue weighted by molar-refractivity contribution is 5.27. The minimum Gasteiger partial charge on any atom is -0.477 e. The molecule has 1 fully saturated rings. The van der Waals surface area contributed by atoms with Gasteiger partial charge in [-0.25, -0.2) is 4.98 Å². The minimum atomic E-state index is 0.469. The second-order valence-corrected chi connectivity index (χ2v) is 4.49. The van der Waals surface area contributed by atoms with Crippen molar-refractivity contribution in [1.29, 1.82) is 0 Å². The largest absolute Gasteiger partial charge is 0.477 e. The fourth-order valence-corrected chi connectivity index (χ4v) is 1.95. The molecule has 1 saturated heterocycles. The van der Waals surface area contributed by atoms with E-state index in [-0.39, 0.29) is 0 Å². The van der Waals surface area contributed by atoms with E-state index in [0.29, 0.717) is 24.9 Å². The molecule has 1 aromatic rings. The number of aryl methyl sites for hydroxylation is 1. The van der Waals surface area contributed by atoms with E-state index < -0.39 is 0 Å². The fraction of sp³-hybridized carbons (Fsp3) is 0.615. The highest BCUT2D eigenvalue weighted by Gasteiger charge is 2.15. The number of rotatable bonds is 4. The molecule has 4 heteroatoms. The third kappa shape index (κ3) is 3.41. The Balaban J connectivity index is 1.95. The van der Waals surface area contributed by atoms with Crippen LogP contribution in [-0.4, -0.2) is 24.8 Å². The van der Waals surface area contributed by atoms with Crippen molar-refractivity contribution in [3.63, 3.8) is 0 Å². The maximum absolute atomic E-state index is 5.80. The summed E-state index contributed by atoms with van der Waals surface area (Å²) >= 11 is 0. The van der Waals surface area contributed by atoms with Crippen molar-refractivity contribution in [3.8, 4) is 5.88 Å². The number of nitrogens with two attached hydrogens (primary N) is 1. The number of aromatic nitrogens is 1. The maximum Gasteiger partial charge on any atom is 0.218 e. The van der Waals surface area contributed by atoms with E-state index in [1.54, 1.807) is 0 Å². The number of hydrogen-bond acceptors (Lipinski definition) is 4. The number of hydrogen-bond donors (Lipinski definition) is 1. The standard InChI is InChI=1S/C13H20N2O2/c1-10-2-3-12(8-14)13(15-10)17-9-11-4-6-16-7-5-11/h2-3,11H,4-9,14H2,1H3. The number of nitrogens with zero attached hydrogens (tertiary/aromatic N) is 1. The van der Waals surface area contributed by atoms with Gasteiger partial charge in [0.05, 0.1) is 6.61 Å². The summed E-state index contributed by atoms with van der Waals surface area (Å²) in [6.07, 6.45) is 2.15. The molecule has 0 unspecified atom stereocenters. The van der Waals surface area contributed by atoms with E-state index in [4.69, 9.17) is 15.2 Å². The molecule has 0 saturated carbocycles. The van der Waals surface area contributed by atoms with Gasteiger partial charge in [0.2, 0.25) is 5.88 Å². The highest BCUT2D eigenvalue weighted by Crippen LogP contribution is 2.19. The SMILES string of the molecule is Cc1ccc(CN)c(OCC2CCOCC2)n1. The van der Waals surface area contributed by atoms with Crippen molar-refractivity contribution in [2.75, 3.05) is 19.8 Å². The Morgan fingerprint density at radius 3 is 2.88 bits per heavy atom. The second-order valence-electron chi connectivity index (χ2n) is 4.49. The highest BCUT2D eigenvalue weighted by atomic mass is 16.5. The summed E-state index contributed by atoms with van der Waals surface area (Å²) in [5, 5.41) is 0. The van der Waals surface area contributed by atoms with E-state index in [9.17, 15) is 0 Å². The first kappa shape index (κ1) is 12.3. The molecule has 0 amide bonds. The predicted molar refractivity (Wildman–Crippen MR) is 65.9 cm³/mol. The van der Waals surface area contributed by atoms with Gasteiger partial charge in [0.15, 0.2) is 0 Å². The van der Waals surface area contributed by atoms with Crippen LogP contribution in [0.5, 0.6) is 5.88 Å². The summed E-state index contributed by atoms with van der Waals surface area (Å²) < 4.78 is 11.1. The van der Waals surface area contributed by atoms with E-state index in [2.05, 4.69) is 4.98 Å². The average molecular weight is 236 g/mol. The summed E-state index contributed by atoms with van der Waals surface area (Å²) in [6, 6.07) is 3.95. The number of pyridine rings is 1. The van der Waals surface area contributed by atoms with E-state index in [1.165, 1.54) is 0 Å². The lowest BCUT2D eigenvalue weighted by Crippen LogP contribution is -2.22. The van der Waals surface area contributed by atoms with Gasteiger partial charge in [0.1, 0.15) is 0 Å². The molecule has 2 heterocycles. The molecular weight excluding hydrogens is 216 g/mol. The Morgan fingerprint density at radius 2 is 2.18 bits per heavy atom. The fourth-order valence-electron chi connectivity index (χ4n) is 1.95. The van der Waals surface area contributed by atoms with Gasteiger partial charge >= 0.3 is 0 Å². The van der Waals surface area contributed by atoms with Crippen molar-refractivity contribution in [1.82, 2.24) is 4.98 Å². The molecular formula is C13H20N2O2. The zero-order valence-electron chi connectivity index (χ0n) is 10.3. The Morgan fingerprint density at radius 1 is 1.41 bits per heavy atom. The molecule has 1 aromatic heterocycles. The first-order chi connectivity index (χ1) is 8.29. The van der Waals surface area contributed by atoms with Gasteiger partial charge in [-0.1, -0.05) is 6.07 Å². The Labute approximate surface area is 102 Å². The first-order valence-corrected chi connectivity index (χ1v) is 6.16. The van der Waals surface area contributed by atoms with Crippen LogP contribution in [-0.2, 0) is 11.3 Å². The Kier molecular flexibility index (Phi) is 4.34. The maximum atomic E-state index is 5.80. The van der Waals surface area contributed by atoms with Gasteiger partial charge in [-0.15, -0.1) is 0 Å². The monoisotopic (exact) mass is 236 g/mol. The lowest BCUT2D eigenvalue weighted by atomic mass is 10.0. The second kappa shape index (κ2) is 5.98. The summed E-state index contributed by atoms with van der Waals surface area (Å²) in [7, 11) is 0. The third-order valence-corrected chi connectivity index (χ3v) is 3.09. The molecule has 2 N–H and O–H groups in total. The van der Waals surface area contributed by atoms with Gasteiger partial charge in [-0.3, -0.25) is 0 Å². The lowest BCUT2D eigenvalue weighted by molar-refractivity contribution is 0.0488. The first-order valence-electron chi connectivity index (χ1n) is 6.16. The minimum absolute atomic E-state index is 0.469. The van der Waals surface area contributed by atoms with E-state index >= 15 is 0 Å². The molecule has 2 rings (SSSR count). The van der Waals surface area contributed by atoms with Crippen LogP contribution in [0.2, 0.25) is 0 Å². The molecule has 0 aromatic carbocycles. The van der Waals surface area contributed by atoms with Crippen LogP contribution in [0.15, 0.2) is 12.1 Å². The van der Waals surface area contributed by atoms with Crippen molar-refractivity contribution in [3.05, 3.63) is 23.4 Å². The van der Waals surface area contributed by atoms with Crippen LogP contribution in [0.1, 0.15) is 24.1 Å². The molecule has 0 radical (unpaired) electrons. The normalized spacial score (nSPS) is 17.1. The third-order valence-electron chi connectivity index (χ3n) is 3.09. The predicted octanol–water partition coefficient (Wildman–Crippen LogP) is 1.65. The van der Waals surface area contributed by atoms with Crippen LogP contribution in [0.3, 0.4) is 0 Å². The van der Waals surface area contributed by atoms with E-state index in [0.717, 1.165) is 37.3 Å². The van der Waals surface area contributed by atoms with Crippen LogP contribution < -0.4 is 10.5 Å². The lowest BCUT2D eigenvalue weighted by Gasteiger charge is -2.22.